The SMILES string of the molecule is CCC1(C)NC(=O)CCN(c2cccc(C)c2C)C1=O. The summed E-state index contributed by atoms with van der Waals surface area (Å²) in [4.78, 5) is 26.4. The van der Waals surface area contributed by atoms with Gasteiger partial charge in [-0.1, -0.05) is 19.1 Å². The second kappa shape index (κ2) is 5.27. The molecule has 1 aromatic carbocycles. The van der Waals surface area contributed by atoms with Crippen LogP contribution in [0.3, 0.4) is 0 Å². The Labute approximate surface area is 120 Å². The topological polar surface area (TPSA) is 49.4 Å². The molecule has 1 heterocycles. The van der Waals surface area contributed by atoms with E-state index in [1.54, 1.807) is 11.8 Å². The molecule has 2 amide bonds. The van der Waals surface area contributed by atoms with E-state index in [4.69, 9.17) is 0 Å². The molecule has 1 N–H and O–H groups in total. The van der Waals surface area contributed by atoms with E-state index in [9.17, 15) is 9.59 Å². The normalized spacial score (nSPS) is 23.5. The maximum absolute atomic E-state index is 12.8. The van der Waals surface area contributed by atoms with E-state index in [-0.39, 0.29) is 11.8 Å². The van der Waals surface area contributed by atoms with Crippen molar-refractivity contribution < 1.29 is 9.59 Å². The molecule has 20 heavy (non-hydrogen) atoms. The average molecular weight is 274 g/mol. The van der Waals surface area contributed by atoms with Crippen LogP contribution in [0.1, 0.15) is 37.8 Å². The first-order valence-electron chi connectivity index (χ1n) is 7.08. The van der Waals surface area contributed by atoms with Crippen molar-refractivity contribution in [3.63, 3.8) is 0 Å². The van der Waals surface area contributed by atoms with Crippen molar-refractivity contribution in [1.82, 2.24) is 5.32 Å². The fraction of sp³-hybridized carbons (Fsp3) is 0.500. The van der Waals surface area contributed by atoms with Gasteiger partial charge in [-0.3, -0.25) is 9.59 Å². The van der Waals surface area contributed by atoms with Gasteiger partial charge in [0.05, 0.1) is 0 Å². The standard InChI is InChI=1S/C16H22N2O2/c1-5-16(4)15(20)18(10-9-14(19)17-16)13-8-6-7-11(2)12(13)3/h6-8H,5,9-10H2,1-4H3,(H,17,19). The van der Waals surface area contributed by atoms with Crippen molar-refractivity contribution in [2.45, 2.75) is 46.1 Å². The van der Waals surface area contributed by atoms with Gasteiger partial charge in [0.15, 0.2) is 0 Å². The number of rotatable bonds is 2. The van der Waals surface area contributed by atoms with E-state index in [1.165, 1.54) is 0 Å². The van der Waals surface area contributed by atoms with E-state index >= 15 is 0 Å². The lowest BCUT2D eigenvalue weighted by atomic mass is 9.96. The molecule has 4 heteroatoms. The van der Waals surface area contributed by atoms with Gasteiger partial charge in [-0.2, -0.15) is 0 Å². The first-order chi connectivity index (χ1) is 9.39. The van der Waals surface area contributed by atoms with Crippen LogP contribution >= 0.6 is 0 Å². The van der Waals surface area contributed by atoms with Crippen molar-refractivity contribution in [2.24, 2.45) is 0 Å². The zero-order valence-electron chi connectivity index (χ0n) is 12.6. The second-order valence-electron chi connectivity index (χ2n) is 5.66. The summed E-state index contributed by atoms with van der Waals surface area (Å²) in [7, 11) is 0. The molecular weight excluding hydrogens is 252 g/mol. The predicted molar refractivity (Wildman–Crippen MR) is 79.7 cm³/mol. The third-order valence-corrected chi connectivity index (χ3v) is 4.27. The van der Waals surface area contributed by atoms with Crippen LogP contribution in [0.25, 0.3) is 0 Å². The van der Waals surface area contributed by atoms with Crippen molar-refractivity contribution in [3.8, 4) is 0 Å². The Kier molecular flexibility index (Phi) is 3.84. The first kappa shape index (κ1) is 14.6. The molecule has 1 unspecified atom stereocenters. The van der Waals surface area contributed by atoms with Crippen molar-refractivity contribution in [3.05, 3.63) is 29.3 Å². The largest absolute Gasteiger partial charge is 0.342 e. The summed E-state index contributed by atoms with van der Waals surface area (Å²) in [6.45, 7) is 8.21. The number of hydrogen-bond acceptors (Lipinski definition) is 2. The summed E-state index contributed by atoms with van der Waals surface area (Å²) in [5.41, 5.74) is 2.33. The van der Waals surface area contributed by atoms with Crippen LogP contribution in [-0.4, -0.2) is 23.9 Å². The minimum atomic E-state index is -0.816. The quantitative estimate of drug-likeness (QED) is 0.899. The van der Waals surface area contributed by atoms with Crippen LogP contribution < -0.4 is 10.2 Å². The number of carbonyl (C=O) groups excluding carboxylic acids is 2. The first-order valence-corrected chi connectivity index (χ1v) is 7.08. The molecule has 0 radical (unpaired) electrons. The molecule has 0 spiro atoms. The lowest BCUT2D eigenvalue weighted by Gasteiger charge is -2.32. The highest BCUT2D eigenvalue weighted by Gasteiger charge is 2.39. The summed E-state index contributed by atoms with van der Waals surface area (Å²) in [6, 6.07) is 5.93. The maximum Gasteiger partial charge on any atom is 0.252 e. The van der Waals surface area contributed by atoms with Gasteiger partial charge >= 0.3 is 0 Å². The highest BCUT2D eigenvalue weighted by atomic mass is 16.2. The Bertz CT molecular complexity index is 553. The molecule has 108 valence electrons. The van der Waals surface area contributed by atoms with E-state index in [0.29, 0.717) is 19.4 Å². The highest BCUT2D eigenvalue weighted by molar-refractivity contribution is 6.04. The smallest absolute Gasteiger partial charge is 0.252 e. The molecule has 0 saturated carbocycles. The zero-order chi connectivity index (χ0) is 14.9. The minimum Gasteiger partial charge on any atom is -0.342 e. The van der Waals surface area contributed by atoms with Crippen LogP contribution in [0.4, 0.5) is 5.69 Å². The van der Waals surface area contributed by atoms with E-state index in [1.807, 2.05) is 39.0 Å². The third kappa shape index (κ3) is 2.42. The van der Waals surface area contributed by atoms with Crippen LogP contribution in [-0.2, 0) is 9.59 Å². The van der Waals surface area contributed by atoms with E-state index in [0.717, 1.165) is 16.8 Å². The Morgan fingerprint density at radius 2 is 2.00 bits per heavy atom. The van der Waals surface area contributed by atoms with E-state index in [2.05, 4.69) is 5.32 Å². The molecule has 0 aliphatic carbocycles. The van der Waals surface area contributed by atoms with Gasteiger partial charge in [0, 0.05) is 18.7 Å². The van der Waals surface area contributed by atoms with Gasteiger partial charge in [-0.15, -0.1) is 0 Å². The van der Waals surface area contributed by atoms with Gasteiger partial charge in [-0.25, -0.2) is 0 Å². The number of anilines is 1. The van der Waals surface area contributed by atoms with Crippen LogP contribution in [0.5, 0.6) is 0 Å². The average Bonchev–Trinajstić information content (AvgIpc) is 2.52. The van der Waals surface area contributed by atoms with Crippen molar-refractivity contribution >= 4 is 17.5 Å². The number of carbonyl (C=O) groups is 2. The lowest BCUT2D eigenvalue weighted by Crippen LogP contribution is -2.54. The monoisotopic (exact) mass is 274 g/mol. The van der Waals surface area contributed by atoms with Crippen molar-refractivity contribution in [2.75, 3.05) is 11.4 Å². The highest BCUT2D eigenvalue weighted by Crippen LogP contribution is 2.27. The van der Waals surface area contributed by atoms with Gasteiger partial charge in [0.2, 0.25) is 5.91 Å². The van der Waals surface area contributed by atoms with Gasteiger partial charge in [0.25, 0.3) is 5.91 Å². The molecule has 1 aliphatic heterocycles. The Balaban J connectivity index is 2.47. The summed E-state index contributed by atoms with van der Waals surface area (Å²) < 4.78 is 0. The zero-order valence-corrected chi connectivity index (χ0v) is 12.6. The molecule has 1 aliphatic rings. The van der Waals surface area contributed by atoms with Crippen LogP contribution in [0, 0.1) is 13.8 Å². The molecule has 1 saturated heterocycles. The molecule has 0 bridgehead atoms. The molecule has 4 nitrogen and oxygen atoms in total. The van der Waals surface area contributed by atoms with Crippen LogP contribution in [0.15, 0.2) is 18.2 Å². The summed E-state index contributed by atoms with van der Waals surface area (Å²) >= 11 is 0. The van der Waals surface area contributed by atoms with Crippen molar-refractivity contribution in [1.29, 1.82) is 0 Å². The molecule has 0 aromatic heterocycles. The summed E-state index contributed by atoms with van der Waals surface area (Å²) in [5.74, 6) is -0.0879. The number of nitrogens with one attached hydrogen (secondary N) is 1. The third-order valence-electron chi connectivity index (χ3n) is 4.27. The number of nitrogens with zero attached hydrogens (tertiary/aromatic N) is 1. The second-order valence-corrected chi connectivity index (χ2v) is 5.66. The Morgan fingerprint density at radius 1 is 1.30 bits per heavy atom. The predicted octanol–water partition coefficient (Wildman–Crippen LogP) is 2.33. The molecule has 1 fully saturated rings. The summed E-state index contributed by atoms with van der Waals surface area (Å²) in [6.07, 6.45) is 0.924. The minimum absolute atomic E-state index is 0.0282. The molecule has 2 rings (SSSR count). The van der Waals surface area contributed by atoms with Crippen LogP contribution in [0.2, 0.25) is 0 Å². The molecule has 1 aromatic rings. The molecule has 1 atom stereocenters. The van der Waals surface area contributed by atoms with Gasteiger partial charge < -0.3 is 10.2 Å². The van der Waals surface area contributed by atoms with E-state index < -0.39 is 5.54 Å². The fourth-order valence-electron chi connectivity index (χ4n) is 2.53. The summed E-state index contributed by atoms with van der Waals surface area (Å²) in [5, 5.41) is 2.86. The Morgan fingerprint density at radius 3 is 2.65 bits per heavy atom. The number of benzene rings is 1. The maximum atomic E-state index is 12.8. The number of hydrogen-bond donors (Lipinski definition) is 1. The Hall–Kier alpha value is -1.84. The molecular formula is C16H22N2O2. The lowest BCUT2D eigenvalue weighted by molar-refractivity contribution is -0.129. The van der Waals surface area contributed by atoms with Gasteiger partial charge in [-0.05, 0) is 44.4 Å². The van der Waals surface area contributed by atoms with Gasteiger partial charge in [0.1, 0.15) is 5.54 Å². The number of amides is 2. The fourth-order valence-corrected chi connectivity index (χ4v) is 2.53. The number of aryl methyl sites for hydroxylation is 1.